The van der Waals surface area contributed by atoms with Gasteiger partial charge in [0.05, 0.1) is 24.4 Å². The Morgan fingerprint density at radius 2 is 2.18 bits per heavy atom. The van der Waals surface area contributed by atoms with Crippen LogP contribution < -0.4 is 5.32 Å². The van der Waals surface area contributed by atoms with E-state index in [0.29, 0.717) is 13.2 Å². The maximum Gasteiger partial charge on any atom is 0.310 e. The molecule has 0 saturated carbocycles. The van der Waals surface area contributed by atoms with Gasteiger partial charge in [0, 0.05) is 32.9 Å². The van der Waals surface area contributed by atoms with Crippen molar-refractivity contribution >= 4 is 11.9 Å². The van der Waals surface area contributed by atoms with Crippen LogP contribution in [-0.2, 0) is 16.0 Å². The average molecular weight is 383 g/mol. The van der Waals surface area contributed by atoms with E-state index in [1.165, 1.54) is 0 Å². The number of aliphatic imine (C=N–C) groups is 1. The minimum absolute atomic E-state index is 0.0728. The van der Waals surface area contributed by atoms with Crippen molar-refractivity contribution in [2.45, 2.75) is 26.2 Å². The minimum Gasteiger partial charge on any atom is -0.466 e. The molecule has 0 spiro atoms. The van der Waals surface area contributed by atoms with E-state index in [1.807, 2.05) is 48.1 Å². The van der Waals surface area contributed by atoms with E-state index in [2.05, 4.69) is 26.5 Å². The molecule has 7 nitrogen and oxygen atoms in total. The lowest BCUT2D eigenvalue weighted by Gasteiger charge is -2.33. The summed E-state index contributed by atoms with van der Waals surface area (Å²) in [6.45, 7) is 4.59. The number of hydrogen-bond donors (Lipinski definition) is 1. The summed E-state index contributed by atoms with van der Waals surface area (Å²) in [5, 5.41) is 7.85. The molecule has 1 atom stereocenters. The molecule has 1 aliphatic rings. The maximum absolute atomic E-state index is 12.1. The normalized spacial score (nSPS) is 17.4. The van der Waals surface area contributed by atoms with Crippen LogP contribution in [-0.4, -0.2) is 59.9 Å². The van der Waals surface area contributed by atoms with Crippen LogP contribution >= 0.6 is 0 Å². The molecule has 1 unspecified atom stereocenters. The molecule has 7 heteroatoms. The van der Waals surface area contributed by atoms with Gasteiger partial charge in [0.2, 0.25) is 0 Å². The number of piperidine rings is 1. The quantitative estimate of drug-likeness (QED) is 0.471. The Morgan fingerprint density at radius 1 is 1.36 bits per heavy atom. The Labute approximate surface area is 166 Å². The Bertz CT molecular complexity index is 787. The third-order valence-corrected chi connectivity index (χ3v) is 4.91. The number of carbonyl (C=O) groups excluding carboxylic acids is 1. The fraction of sp³-hybridized carbons (Fsp3) is 0.476. The van der Waals surface area contributed by atoms with Crippen molar-refractivity contribution in [1.82, 2.24) is 20.0 Å². The first-order valence-electron chi connectivity index (χ1n) is 9.92. The molecule has 0 bridgehead atoms. The molecule has 2 aromatic rings. The summed E-state index contributed by atoms with van der Waals surface area (Å²) >= 11 is 0. The fourth-order valence-corrected chi connectivity index (χ4v) is 3.48. The molecular weight excluding hydrogens is 354 g/mol. The molecule has 28 heavy (non-hydrogen) atoms. The second-order valence-corrected chi connectivity index (χ2v) is 6.89. The molecule has 1 aromatic carbocycles. The van der Waals surface area contributed by atoms with E-state index >= 15 is 0 Å². The standard InChI is InChI=1S/C21H29N5O2/c1-3-28-20(27)18-8-7-13-25(16-18)21(22-2)23-12-11-17-14-24-26(15-17)19-9-5-4-6-10-19/h4-6,9-10,14-15,18H,3,7-8,11-13,16H2,1-2H3,(H,22,23). The summed E-state index contributed by atoms with van der Waals surface area (Å²) < 4.78 is 7.07. The lowest BCUT2D eigenvalue weighted by Crippen LogP contribution is -2.48. The lowest BCUT2D eigenvalue weighted by atomic mass is 9.98. The Kier molecular flexibility index (Phi) is 7.06. The van der Waals surface area contributed by atoms with E-state index in [9.17, 15) is 4.79 Å². The molecule has 1 N–H and O–H groups in total. The third-order valence-electron chi connectivity index (χ3n) is 4.91. The van der Waals surface area contributed by atoms with Gasteiger partial charge in [0.1, 0.15) is 0 Å². The summed E-state index contributed by atoms with van der Waals surface area (Å²) in [6, 6.07) is 10.1. The molecular formula is C21H29N5O2. The third kappa shape index (κ3) is 5.12. The molecule has 0 aliphatic carbocycles. The topological polar surface area (TPSA) is 71.8 Å². The fourth-order valence-electron chi connectivity index (χ4n) is 3.48. The van der Waals surface area contributed by atoms with Gasteiger partial charge in [0.25, 0.3) is 0 Å². The number of nitrogens with one attached hydrogen (secondary N) is 1. The van der Waals surface area contributed by atoms with E-state index in [-0.39, 0.29) is 11.9 Å². The number of hydrogen-bond acceptors (Lipinski definition) is 4. The van der Waals surface area contributed by atoms with E-state index in [4.69, 9.17) is 4.74 Å². The van der Waals surface area contributed by atoms with Gasteiger partial charge in [-0.3, -0.25) is 9.79 Å². The first kappa shape index (κ1) is 19.9. The van der Waals surface area contributed by atoms with Crippen molar-refractivity contribution in [3.05, 3.63) is 48.3 Å². The van der Waals surface area contributed by atoms with Crippen molar-refractivity contribution in [2.24, 2.45) is 10.9 Å². The number of guanidine groups is 1. The van der Waals surface area contributed by atoms with Gasteiger partial charge in [-0.15, -0.1) is 0 Å². The Hall–Kier alpha value is -2.83. The van der Waals surface area contributed by atoms with Crippen LogP contribution in [0.5, 0.6) is 0 Å². The van der Waals surface area contributed by atoms with Crippen LogP contribution in [0.3, 0.4) is 0 Å². The van der Waals surface area contributed by atoms with E-state index < -0.39 is 0 Å². The minimum atomic E-state index is -0.101. The highest BCUT2D eigenvalue weighted by Crippen LogP contribution is 2.18. The van der Waals surface area contributed by atoms with Crippen LogP contribution in [0.1, 0.15) is 25.3 Å². The largest absolute Gasteiger partial charge is 0.466 e. The SMILES string of the molecule is CCOC(=O)C1CCCN(C(=NC)NCCc2cnn(-c3ccccc3)c2)C1. The maximum atomic E-state index is 12.1. The molecule has 1 saturated heterocycles. The Morgan fingerprint density at radius 3 is 2.93 bits per heavy atom. The van der Waals surface area contributed by atoms with Crippen molar-refractivity contribution < 1.29 is 9.53 Å². The monoisotopic (exact) mass is 383 g/mol. The number of rotatable bonds is 6. The van der Waals surface area contributed by atoms with Gasteiger partial charge in [-0.05, 0) is 43.9 Å². The molecule has 0 amide bonds. The van der Waals surface area contributed by atoms with Crippen LogP contribution in [0.25, 0.3) is 5.69 Å². The van der Waals surface area contributed by atoms with Gasteiger partial charge in [-0.1, -0.05) is 18.2 Å². The molecule has 1 fully saturated rings. The van der Waals surface area contributed by atoms with Crippen LogP contribution in [0.15, 0.2) is 47.7 Å². The molecule has 1 aromatic heterocycles. The van der Waals surface area contributed by atoms with Gasteiger partial charge in [-0.2, -0.15) is 5.10 Å². The second kappa shape index (κ2) is 9.92. The highest BCUT2D eigenvalue weighted by atomic mass is 16.5. The molecule has 2 heterocycles. The number of esters is 1. The molecule has 1 aliphatic heterocycles. The Balaban J connectivity index is 1.51. The van der Waals surface area contributed by atoms with Crippen molar-refractivity contribution in [3.63, 3.8) is 0 Å². The van der Waals surface area contributed by atoms with Crippen LogP contribution in [0.4, 0.5) is 0 Å². The summed E-state index contributed by atoms with van der Waals surface area (Å²) in [7, 11) is 1.78. The average Bonchev–Trinajstić information content (AvgIpc) is 3.21. The zero-order valence-electron chi connectivity index (χ0n) is 16.7. The van der Waals surface area contributed by atoms with Gasteiger partial charge < -0.3 is 15.0 Å². The summed E-state index contributed by atoms with van der Waals surface area (Å²) in [5.41, 5.74) is 2.21. The smallest absolute Gasteiger partial charge is 0.310 e. The molecule has 0 radical (unpaired) electrons. The summed E-state index contributed by atoms with van der Waals surface area (Å²) in [5.74, 6) is 0.664. The highest BCUT2D eigenvalue weighted by Gasteiger charge is 2.28. The summed E-state index contributed by atoms with van der Waals surface area (Å²) in [6.07, 6.45) is 6.65. The zero-order chi connectivity index (χ0) is 19.8. The first-order chi connectivity index (χ1) is 13.7. The second-order valence-electron chi connectivity index (χ2n) is 6.89. The van der Waals surface area contributed by atoms with Crippen LogP contribution in [0.2, 0.25) is 0 Å². The van der Waals surface area contributed by atoms with Gasteiger partial charge >= 0.3 is 5.97 Å². The molecule has 3 rings (SSSR count). The number of aromatic nitrogens is 2. The number of ether oxygens (including phenoxy) is 1. The highest BCUT2D eigenvalue weighted by molar-refractivity contribution is 5.81. The summed E-state index contributed by atoms with van der Waals surface area (Å²) in [4.78, 5) is 18.6. The van der Waals surface area contributed by atoms with Crippen molar-refractivity contribution in [3.8, 4) is 5.69 Å². The number of nitrogens with zero attached hydrogens (tertiary/aromatic N) is 4. The van der Waals surface area contributed by atoms with Gasteiger partial charge in [-0.25, -0.2) is 4.68 Å². The first-order valence-corrected chi connectivity index (χ1v) is 9.92. The number of carbonyl (C=O) groups is 1. The van der Waals surface area contributed by atoms with Crippen LogP contribution in [0, 0.1) is 5.92 Å². The number of benzene rings is 1. The van der Waals surface area contributed by atoms with Crippen molar-refractivity contribution in [1.29, 1.82) is 0 Å². The van der Waals surface area contributed by atoms with Crippen molar-refractivity contribution in [2.75, 3.05) is 33.3 Å². The number of likely N-dealkylation sites (tertiary alicyclic amines) is 1. The van der Waals surface area contributed by atoms with Gasteiger partial charge in [0.15, 0.2) is 5.96 Å². The van der Waals surface area contributed by atoms with E-state index in [0.717, 1.165) is 49.6 Å². The predicted octanol–water partition coefficient (Wildman–Crippen LogP) is 2.27. The zero-order valence-corrected chi connectivity index (χ0v) is 16.7. The predicted molar refractivity (Wildman–Crippen MR) is 110 cm³/mol. The number of para-hydroxylation sites is 1. The van der Waals surface area contributed by atoms with E-state index in [1.54, 1.807) is 7.05 Å². The molecule has 150 valence electrons. The lowest BCUT2D eigenvalue weighted by molar-refractivity contribution is -0.149.